The number of rotatable bonds is 5. The molecule has 0 radical (unpaired) electrons. The van der Waals surface area contributed by atoms with Crippen molar-refractivity contribution in [3.05, 3.63) is 66.0 Å². The van der Waals surface area contributed by atoms with Gasteiger partial charge in [-0.25, -0.2) is 9.78 Å². The standard InChI is InChI=1S/C22H24N4O3/c27-21(28)18-8-10-25(11-9-18)22(29)23-13-16-4-3-5-17(12-16)14-26-15-24-19-6-1-2-7-20(19)26/h1-7,12,15,18H,8-11,13-14H2,(H,23,29)(H,27,28). The van der Waals surface area contributed by atoms with Crippen LogP contribution in [0.15, 0.2) is 54.9 Å². The van der Waals surface area contributed by atoms with Gasteiger partial charge in [0.15, 0.2) is 0 Å². The summed E-state index contributed by atoms with van der Waals surface area (Å²) in [4.78, 5) is 29.5. The van der Waals surface area contributed by atoms with E-state index in [1.165, 1.54) is 0 Å². The van der Waals surface area contributed by atoms with Gasteiger partial charge in [0.1, 0.15) is 0 Å². The van der Waals surface area contributed by atoms with E-state index in [1.54, 1.807) is 4.90 Å². The minimum atomic E-state index is -0.771. The second-order valence-corrected chi connectivity index (χ2v) is 7.44. The van der Waals surface area contributed by atoms with Gasteiger partial charge in [0.05, 0.1) is 23.3 Å². The molecule has 0 unspecified atom stereocenters. The van der Waals surface area contributed by atoms with Gasteiger partial charge in [-0.2, -0.15) is 0 Å². The summed E-state index contributed by atoms with van der Waals surface area (Å²) in [6.07, 6.45) is 2.87. The molecule has 150 valence electrons. The second kappa shape index (κ2) is 8.34. The number of nitrogens with zero attached hydrogens (tertiary/aromatic N) is 3. The number of fused-ring (bicyclic) bond motifs is 1. The molecule has 29 heavy (non-hydrogen) atoms. The minimum absolute atomic E-state index is 0.139. The number of carboxylic acids is 1. The lowest BCUT2D eigenvalue weighted by molar-refractivity contribution is -0.143. The van der Waals surface area contributed by atoms with E-state index < -0.39 is 5.97 Å². The Bertz CT molecular complexity index is 1020. The minimum Gasteiger partial charge on any atom is -0.481 e. The molecule has 2 heterocycles. The molecule has 0 saturated carbocycles. The van der Waals surface area contributed by atoms with Gasteiger partial charge in [-0.1, -0.05) is 36.4 Å². The highest BCUT2D eigenvalue weighted by molar-refractivity contribution is 5.76. The van der Waals surface area contributed by atoms with Crippen molar-refractivity contribution in [1.29, 1.82) is 0 Å². The highest BCUT2D eigenvalue weighted by Crippen LogP contribution is 2.18. The van der Waals surface area contributed by atoms with E-state index in [9.17, 15) is 9.59 Å². The van der Waals surface area contributed by atoms with Crippen LogP contribution >= 0.6 is 0 Å². The van der Waals surface area contributed by atoms with Crippen LogP contribution in [0.3, 0.4) is 0 Å². The summed E-state index contributed by atoms with van der Waals surface area (Å²) in [5.74, 6) is -1.11. The molecule has 1 fully saturated rings. The maximum Gasteiger partial charge on any atom is 0.317 e. The molecule has 7 nitrogen and oxygen atoms in total. The molecule has 3 aromatic rings. The van der Waals surface area contributed by atoms with Crippen LogP contribution in [0.5, 0.6) is 0 Å². The fraction of sp³-hybridized carbons (Fsp3) is 0.318. The van der Waals surface area contributed by atoms with E-state index >= 15 is 0 Å². The lowest BCUT2D eigenvalue weighted by atomic mass is 9.97. The molecule has 2 amide bonds. The van der Waals surface area contributed by atoms with Gasteiger partial charge in [0, 0.05) is 26.2 Å². The molecule has 0 atom stereocenters. The van der Waals surface area contributed by atoms with Crippen molar-refractivity contribution in [2.45, 2.75) is 25.9 Å². The summed E-state index contributed by atoms with van der Waals surface area (Å²) < 4.78 is 2.11. The first-order chi connectivity index (χ1) is 14.1. The normalized spacial score (nSPS) is 14.8. The molecule has 4 rings (SSSR count). The average Bonchev–Trinajstić information content (AvgIpc) is 3.15. The van der Waals surface area contributed by atoms with Crippen molar-refractivity contribution in [1.82, 2.24) is 19.8 Å². The topological polar surface area (TPSA) is 87.5 Å². The number of benzene rings is 2. The number of para-hydroxylation sites is 2. The van der Waals surface area contributed by atoms with Crippen LogP contribution in [0.4, 0.5) is 4.79 Å². The first-order valence-electron chi connectivity index (χ1n) is 9.83. The number of likely N-dealkylation sites (tertiary alicyclic amines) is 1. The Hall–Kier alpha value is -3.35. The number of nitrogens with one attached hydrogen (secondary N) is 1. The van der Waals surface area contributed by atoms with Crippen molar-refractivity contribution >= 4 is 23.0 Å². The van der Waals surface area contributed by atoms with Gasteiger partial charge in [0.2, 0.25) is 0 Å². The number of aromatic nitrogens is 2. The van der Waals surface area contributed by atoms with E-state index in [2.05, 4.69) is 33.1 Å². The van der Waals surface area contributed by atoms with E-state index in [4.69, 9.17) is 5.11 Å². The fourth-order valence-electron chi connectivity index (χ4n) is 3.79. The Balaban J connectivity index is 1.34. The van der Waals surface area contributed by atoms with Crippen LogP contribution in [0, 0.1) is 5.92 Å². The number of aliphatic carboxylic acids is 1. The maximum atomic E-state index is 12.4. The number of hydrogen-bond acceptors (Lipinski definition) is 3. The van der Waals surface area contributed by atoms with Crippen molar-refractivity contribution < 1.29 is 14.7 Å². The largest absolute Gasteiger partial charge is 0.481 e. The van der Waals surface area contributed by atoms with Gasteiger partial charge in [-0.15, -0.1) is 0 Å². The number of carboxylic acid groups (broad SMARTS) is 1. The van der Waals surface area contributed by atoms with Crippen molar-refractivity contribution in [3.63, 3.8) is 0 Å². The first kappa shape index (κ1) is 19.0. The van der Waals surface area contributed by atoms with Gasteiger partial charge in [-0.05, 0) is 36.1 Å². The van der Waals surface area contributed by atoms with Crippen molar-refractivity contribution in [3.8, 4) is 0 Å². The molecule has 1 aliphatic heterocycles. The fourth-order valence-corrected chi connectivity index (χ4v) is 3.79. The van der Waals surface area contributed by atoms with E-state index in [0.29, 0.717) is 39.0 Å². The molecular formula is C22H24N4O3. The van der Waals surface area contributed by atoms with Crippen LogP contribution in [0.1, 0.15) is 24.0 Å². The van der Waals surface area contributed by atoms with Gasteiger partial charge >= 0.3 is 12.0 Å². The van der Waals surface area contributed by atoms with Gasteiger partial charge in [0.25, 0.3) is 0 Å². The number of piperidine rings is 1. The Morgan fingerprint density at radius 2 is 1.83 bits per heavy atom. The third-order valence-corrected chi connectivity index (χ3v) is 5.45. The molecule has 1 aromatic heterocycles. The lowest BCUT2D eigenvalue weighted by Crippen LogP contribution is -2.45. The molecule has 2 N–H and O–H groups in total. The summed E-state index contributed by atoms with van der Waals surface area (Å²) >= 11 is 0. The zero-order valence-corrected chi connectivity index (χ0v) is 16.1. The van der Waals surface area contributed by atoms with E-state index in [-0.39, 0.29) is 11.9 Å². The second-order valence-electron chi connectivity index (χ2n) is 7.44. The third-order valence-electron chi connectivity index (χ3n) is 5.45. The Labute approximate surface area is 169 Å². The summed E-state index contributed by atoms with van der Waals surface area (Å²) in [5, 5.41) is 12.0. The van der Waals surface area contributed by atoms with Crippen molar-refractivity contribution in [2.24, 2.45) is 5.92 Å². The van der Waals surface area contributed by atoms with Crippen LogP contribution in [0.2, 0.25) is 0 Å². The first-order valence-corrected chi connectivity index (χ1v) is 9.83. The molecule has 0 bridgehead atoms. The lowest BCUT2D eigenvalue weighted by Gasteiger charge is -2.30. The Kier molecular flexibility index (Phi) is 5.46. The molecular weight excluding hydrogens is 368 g/mol. The SMILES string of the molecule is O=C(O)C1CCN(C(=O)NCc2cccc(Cn3cnc4ccccc43)c2)CC1. The number of urea groups is 1. The van der Waals surface area contributed by atoms with Crippen LogP contribution < -0.4 is 5.32 Å². The van der Waals surface area contributed by atoms with Gasteiger partial charge < -0.3 is 19.9 Å². The number of carbonyl (C=O) groups excluding carboxylic acids is 1. The molecule has 1 aliphatic rings. The quantitative estimate of drug-likeness (QED) is 0.698. The summed E-state index contributed by atoms with van der Waals surface area (Å²) in [6.45, 7) is 2.12. The summed E-state index contributed by atoms with van der Waals surface area (Å²) in [7, 11) is 0. The number of amides is 2. The molecule has 7 heteroatoms. The van der Waals surface area contributed by atoms with Gasteiger partial charge in [-0.3, -0.25) is 4.79 Å². The molecule has 0 spiro atoms. The average molecular weight is 392 g/mol. The molecule has 0 aliphatic carbocycles. The predicted octanol–water partition coefficient (Wildman–Crippen LogP) is 3.09. The zero-order chi connectivity index (χ0) is 20.2. The Morgan fingerprint density at radius 3 is 2.62 bits per heavy atom. The van der Waals surface area contributed by atoms with Crippen LogP contribution in [-0.2, 0) is 17.9 Å². The van der Waals surface area contributed by atoms with Crippen LogP contribution in [0.25, 0.3) is 11.0 Å². The zero-order valence-electron chi connectivity index (χ0n) is 16.1. The molecule has 2 aromatic carbocycles. The number of carbonyl (C=O) groups is 2. The highest BCUT2D eigenvalue weighted by Gasteiger charge is 2.26. The van der Waals surface area contributed by atoms with Crippen LogP contribution in [-0.4, -0.2) is 44.6 Å². The van der Waals surface area contributed by atoms with E-state index in [0.717, 1.165) is 22.2 Å². The van der Waals surface area contributed by atoms with E-state index in [1.807, 2.05) is 36.7 Å². The number of imidazole rings is 1. The third kappa shape index (κ3) is 4.39. The summed E-state index contributed by atoms with van der Waals surface area (Å²) in [5.41, 5.74) is 4.24. The molecule has 1 saturated heterocycles. The van der Waals surface area contributed by atoms with Crippen molar-refractivity contribution in [2.75, 3.05) is 13.1 Å². The highest BCUT2D eigenvalue weighted by atomic mass is 16.4. The summed E-state index contributed by atoms with van der Waals surface area (Å²) in [6, 6.07) is 16.0. The predicted molar refractivity (Wildman–Crippen MR) is 109 cm³/mol. The smallest absolute Gasteiger partial charge is 0.317 e. The maximum absolute atomic E-state index is 12.4. The number of hydrogen-bond donors (Lipinski definition) is 2. The Morgan fingerprint density at radius 1 is 1.07 bits per heavy atom. The monoisotopic (exact) mass is 392 g/mol.